The number of carbonyl (C=O) groups is 1. The van der Waals surface area contributed by atoms with Crippen LogP contribution in [-0.4, -0.2) is 31.7 Å². The Morgan fingerprint density at radius 3 is 2.79 bits per heavy atom. The number of hydrogen-bond donors (Lipinski definition) is 1. The van der Waals surface area contributed by atoms with Crippen molar-refractivity contribution in [3.63, 3.8) is 0 Å². The quantitative estimate of drug-likeness (QED) is 0.618. The van der Waals surface area contributed by atoms with Crippen molar-refractivity contribution in [3.05, 3.63) is 25.6 Å². The van der Waals surface area contributed by atoms with E-state index in [0.29, 0.717) is 4.73 Å². The van der Waals surface area contributed by atoms with Crippen LogP contribution in [0.15, 0.2) is 14.3 Å². The van der Waals surface area contributed by atoms with Gasteiger partial charge in [0, 0.05) is 7.05 Å². The molecule has 0 radical (unpaired) electrons. The maximum absolute atomic E-state index is 11.7. The molecule has 0 atom stereocenters. The number of esters is 1. The largest absolute Gasteiger partial charge is 0.465 e. The number of aromatic amines is 1. The van der Waals surface area contributed by atoms with Crippen LogP contribution in [0.1, 0.15) is 6.92 Å². The number of ether oxygens (including phenoxy) is 1. The molecule has 2 aromatic rings. The summed E-state index contributed by atoms with van der Waals surface area (Å²) in [4.78, 5) is 41.2. The fraction of sp³-hybridized carbons (Fsp3) is 0.400. The van der Waals surface area contributed by atoms with Crippen LogP contribution in [0.4, 0.5) is 0 Å². The van der Waals surface area contributed by atoms with Gasteiger partial charge in [0.15, 0.2) is 15.9 Å². The lowest BCUT2D eigenvalue weighted by molar-refractivity contribution is -0.143. The molecule has 1 N–H and O–H groups in total. The molecular weight excluding hydrogens is 320 g/mol. The molecule has 0 aliphatic rings. The van der Waals surface area contributed by atoms with E-state index in [1.807, 2.05) is 0 Å². The van der Waals surface area contributed by atoms with E-state index >= 15 is 0 Å². The molecule has 9 heteroatoms. The normalized spacial score (nSPS) is 10.9. The Morgan fingerprint density at radius 1 is 1.47 bits per heavy atom. The van der Waals surface area contributed by atoms with Crippen LogP contribution in [-0.2, 0) is 23.1 Å². The highest BCUT2D eigenvalue weighted by atomic mass is 79.9. The number of imidazole rings is 1. The van der Waals surface area contributed by atoms with Crippen molar-refractivity contribution in [2.75, 3.05) is 6.61 Å². The van der Waals surface area contributed by atoms with Gasteiger partial charge in [-0.1, -0.05) is 0 Å². The summed E-state index contributed by atoms with van der Waals surface area (Å²) in [5.41, 5.74) is -0.913. The molecule has 0 saturated heterocycles. The first-order chi connectivity index (χ1) is 8.95. The Balaban J connectivity index is 2.67. The van der Waals surface area contributed by atoms with Crippen molar-refractivity contribution in [3.8, 4) is 0 Å². The standard InChI is InChI=1S/C10H11BrN4O4/c1-3-19-5(16)4-15-7-6(8(17)13-10(15)18)14(2)9(11)12-7/h3-4H2,1-2H3,(H,13,17,18). The van der Waals surface area contributed by atoms with Crippen LogP contribution in [0.5, 0.6) is 0 Å². The van der Waals surface area contributed by atoms with Gasteiger partial charge in [0.25, 0.3) is 5.56 Å². The van der Waals surface area contributed by atoms with Crippen LogP contribution in [0.25, 0.3) is 11.2 Å². The third-order valence-corrected chi connectivity index (χ3v) is 3.26. The van der Waals surface area contributed by atoms with Gasteiger partial charge in [0.05, 0.1) is 6.61 Å². The average molecular weight is 331 g/mol. The number of aryl methyl sites for hydroxylation is 1. The van der Waals surface area contributed by atoms with Crippen molar-refractivity contribution in [1.29, 1.82) is 0 Å². The second-order valence-electron chi connectivity index (χ2n) is 3.76. The molecule has 0 bridgehead atoms. The van der Waals surface area contributed by atoms with Crippen molar-refractivity contribution in [2.45, 2.75) is 13.5 Å². The molecule has 2 rings (SSSR count). The van der Waals surface area contributed by atoms with Gasteiger partial charge >= 0.3 is 11.7 Å². The third kappa shape index (κ3) is 2.33. The van der Waals surface area contributed by atoms with Crippen LogP contribution in [0.3, 0.4) is 0 Å². The Hall–Kier alpha value is -1.90. The lowest BCUT2D eigenvalue weighted by atomic mass is 10.5. The maximum Gasteiger partial charge on any atom is 0.330 e. The number of H-pyrrole nitrogens is 1. The predicted octanol–water partition coefficient (Wildman–Crippen LogP) is -0.251. The zero-order valence-corrected chi connectivity index (χ0v) is 11.9. The summed E-state index contributed by atoms with van der Waals surface area (Å²) < 4.78 is 7.72. The van der Waals surface area contributed by atoms with E-state index in [4.69, 9.17) is 4.74 Å². The average Bonchev–Trinajstić information content (AvgIpc) is 2.62. The highest BCUT2D eigenvalue weighted by Gasteiger charge is 2.17. The Bertz CT molecular complexity index is 757. The summed E-state index contributed by atoms with van der Waals surface area (Å²) in [7, 11) is 1.62. The van der Waals surface area contributed by atoms with Crippen LogP contribution < -0.4 is 11.2 Å². The third-order valence-electron chi connectivity index (χ3n) is 2.55. The van der Waals surface area contributed by atoms with E-state index in [1.165, 1.54) is 4.57 Å². The van der Waals surface area contributed by atoms with Gasteiger partial charge in [0.1, 0.15) is 6.54 Å². The van der Waals surface area contributed by atoms with Crippen LogP contribution in [0.2, 0.25) is 0 Å². The summed E-state index contributed by atoms with van der Waals surface area (Å²) >= 11 is 3.17. The molecular formula is C10H11BrN4O4. The number of hydrogen-bond acceptors (Lipinski definition) is 5. The zero-order valence-electron chi connectivity index (χ0n) is 10.3. The van der Waals surface area contributed by atoms with E-state index in [2.05, 4.69) is 25.9 Å². The lowest BCUT2D eigenvalue weighted by Gasteiger charge is -2.05. The first-order valence-corrected chi connectivity index (χ1v) is 6.25. The summed E-state index contributed by atoms with van der Waals surface area (Å²) in [6.45, 7) is 1.58. The number of rotatable bonds is 3. The smallest absolute Gasteiger partial charge is 0.330 e. The van der Waals surface area contributed by atoms with Gasteiger partial charge in [-0.2, -0.15) is 0 Å². The van der Waals surface area contributed by atoms with Crippen molar-refractivity contribution < 1.29 is 9.53 Å². The summed E-state index contributed by atoms with van der Waals surface area (Å²) in [6.07, 6.45) is 0. The molecule has 19 heavy (non-hydrogen) atoms. The van der Waals surface area contributed by atoms with Crippen LogP contribution in [0, 0.1) is 0 Å². The molecule has 0 amide bonds. The molecule has 0 aromatic carbocycles. The number of nitrogens with zero attached hydrogens (tertiary/aromatic N) is 3. The summed E-state index contributed by atoms with van der Waals surface area (Å²) in [5, 5.41) is 0. The molecule has 2 heterocycles. The molecule has 102 valence electrons. The molecule has 0 spiro atoms. The summed E-state index contributed by atoms with van der Waals surface area (Å²) in [6, 6.07) is 0. The fourth-order valence-corrected chi connectivity index (χ4v) is 2.05. The van der Waals surface area contributed by atoms with Gasteiger partial charge in [-0.15, -0.1) is 0 Å². The Labute approximate surface area is 115 Å². The fourth-order valence-electron chi connectivity index (χ4n) is 1.70. The molecule has 0 aliphatic carbocycles. The number of carbonyl (C=O) groups excluding carboxylic acids is 1. The highest BCUT2D eigenvalue weighted by Crippen LogP contribution is 2.13. The van der Waals surface area contributed by atoms with E-state index in [0.717, 1.165) is 4.57 Å². The van der Waals surface area contributed by atoms with Crippen molar-refractivity contribution >= 4 is 33.1 Å². The van der Waals surface area contributed by atoms with Gasteiger partial charge in [-0.25, -0.2) is 9.78 Å². The van der Waals surface area contributed by atoms with Crippen molar-refractivity contribution in [1.82, 2.24) is 19.1 Å². The van der Waals surface area contributed by atoms with Gasteiger partial charge < -0.3 is 9.30 Å². The minimum absolute atomic E-state index is 0.135. The molecule has 0 fully saturated rings. The van der Waals surface area contributed by atoms with E-state index in [1.54, 1.807) is 14.0 Å². The number of nitrogens with one attached hydrogen (secondary N) is 1. The molecule has 0 saturated carbocycles. The number of aromatic nitrogens is 4. The molecule has 0 aliphatic heterocycles. The minimum atomic E-state index is -0.698. The summed E-state index contributed by atoms with van der Waals surface area (Å²) in [5.74, 6) is -0.570. The minimum Gasteiger partial charge on any atom is -0.465 e. The van der Waals surface area contributed by atoms with Gasteiger partial charge in [0.2, 0.25) is 0 Å². The predicted molar refractivity (Wildman–Crippen MR) is 69.9 cm³/mol. The highest BCUT2D eigenvalue weighted by molar-refractivity contribution is 9.10. The second kappa shape index (κ2) is 5.00. The SMILES string of the molecule is CCOC(=O)Cn1c(=O)[nH]c(=O)c2c1nc(Br)n2C. The van der Waals surface area contributed by atoms with Crippen LogP contribution >= 0.6 is 15.9 Å². The van der Waals surface area contributed by atoms with E-state index < -0.39 is 17.2 Å². The zero-order chi connectivity index (χ0) is 14.2. The van der Waals surface area contributed by atoms with E-state index in [9.17, 15) is 14.4 Å². The molecule has 8 nitrogen and oxygen atoms in total. The molecule has 0 unspecified atom stereocenters. The molecule has 2 aromatic heterocycles. The second-order valence-corrected chi connectivity index (χ2v) is 4.47. The first-order valence-electron chi connectivity index (χ1n) is 5.46. The number of fused-ring (bicyclic) bond motifs is 1. The van der Waals surface area contributed by atoms with Gasteiger partial charge in [-0.05, 0) is 22.9 Å². The Kier molecular flexibility index (Phi) is 3.56. The topological polar surface area (TPSA) is 99.0 Å². The maximum atomic E-state index is 11.7. The van der Waals surface area contributed by atoms with Gasteiger partial charge in [-0.3, -0.25) is 19.1 Å². The first kappa shape index (κ1) is 13.5. The number of halogens is 1. The van der Waals surface area contributed by atoms with Crippen molar-refractivity contribution in [2.24, 2.45) is 7.05 Å². The monoisotopic (exact) mass is 330 g/mol. The van der Waals surface area contributed by atoms with E-state index in [-0.39, 0.29) is 24.3 Å². The lowest BCUT2D eigenvalue weighted by Crippen LogP contribution is -2.33. The Morgan fingerprint density at radius 2 is 2.16 bits per heavy atom.